The van der Waals surface area contributed by atoms with E-state index in [0.29, 0.717) is 17.2 Å². The van der Waals surface area contributed by atoms with Gasteiger partial charge in [0.25, 0.3) is 0 Å². The number of nitrogens with zero attached hydrogens (tertiary/aromatic N) is 1. The van der Waals surface area contributed by atoms with Crippen LogP contribution in [0, 0.1) is 0 Å². The Labute approximate surface area is 162 Å². The molecule has 152 valence electrons. The van der Waals surface area contributed by atoms with Crippen LogP contribution in [0.4, 0.5) is 5.69 Å². The molecular formula is C19H30N2O5S. The molecule has 27 heavy (non-hydrogen) atoms. The molecule has 1 fully saturated rings. The lowest BCUT2D eigenvalue weighted by Crippen LogP contribution is -2.38. The summed E-state index contributed by atoms with van der Waals surface area (Å²) in [6.07, 6.45) is 7.89. The first kappa shape index (κ1) is 21.3. The van der Waals surface area contributed by atoms with Crippen LogP contribution in [0.3, 0.4) is 0 Å². The van der Waals surface area contributed by atoms with Gasteiger partial charge in [0.15, 0.2) is 0 Å². The second-order valence-corrected chi connectivity index (χ2v) is 8.79. The quantitative estimate of drug-likeness (QED) is 0.681. The van der Waals surface area contributed by atoms with Gasteiger partial charge in [0.2, 0.25) is 15.9 Å². The summed E-state index contributed by atoms with van der Waals surface area (Å²) in [5.41, 5.74) is 0.392. The van der Waals surface area contributed by atoms with Gasteiger partial charge in [-0.05, 0) is 25.0 Å². The lowest BCUT2D eigenvalue weighted by atomic mass is 10.1. The summed E-state index contributed by atoms with van der Waals surface area (Å²) in [5, 5.41) is 3.05. The first-order valence-electron chi connectivity index (χ1n) is 9.34. The van der Waals surface area contributed by atoms with E-state index in [1.807, 2.05) is 0 Å². The minimum Gasteiger partial charge on any atom is -0.497 e. The van der Waals surface area contributed by atoms with Gasteiger partial charge in [-0.1, -0.05) is 25.7 Å². The first-order valence-corrected chi connectivity index (χ1v) is 11.2. The maximum absolute atomic E-state index is 12.4. The summed E-state index contributed by atoms with van der Waals surface area (Å²) in [5.74, 6) is 0.821. The highest BCUT2D eigenvalue weighted by molar-refractivity contribution is 7.92. The van der Waals surface area contributed by atoms with Gasteiger partial charge in [-0.15, -0.1) is 0 Å². The Balaban J connectivity index is 2.08. The molecule has 1 N–H and O–H groups in total. The SMILES string of the molecule is COc1ccc(N(CCC(=O)NC2CCCCCC2)S(C)(=O)=O)c(OC)c1. The highest BCUT2D eigenvalue weighted by Gasteiger charge is 2.23. The fourth-order valence-corrected chi connectivity index (χ4v) is 4.31. The largest absolute Gasteiger partial charge is 0.497 e. The first-order chi connectivity index (χ1) is 12.8. The van der Waals surface area contributed by atoms with Gasteiger partial charge < -0.3 is 14.8 Å². The number of anilines is 1. The van der Waals surface area contributed by atoms with Crippen molar-refractivity contribution in [2.24, 2.45) is 0 Å². The maximum atomic E-state index is 12.4. The van der Waals surface area contributed by atoms with Crippen LogP contribution in [0.15, 0.2) is 18.2 Å². The Kier molecular flexibility index (Phi) is 7.77. The van der Waals surface area contributed by atoms with E-state index in [4.69, 9.17) is 9.47 Å². The second-order valence-electron chi connectivity index (χ2n) is 6.88. The van der Waals surface area contributed by atoms with E-state index in [-0.39, 0.29) is 24.9 Å². The summed E-state index contributed by atoms with van der Waals surface area (Å²) in [7, 11) is -0.574. The van der Waals surface area contributed by atoms with Gasteiger partial charge in [-0.3, -0.25) is 9.10 Å². The number of benzene rings is 1. The van der Waals surface area contributed by atoms with Crippen LogP contribution in [0.1, 0.15) is 44.9 Å². The summed E-state index contributed by atoms with van der Waals surface area (Å²) < 4.78 is 36.3. The number of sulfonamides is 1. The van der Waals surface area contributed by atoms with E-state index in [1.54, 1.807) is 18.2 Å². The number of carbonyl (C=O) groups excluding carboxylic acids is 1. The Morgan fingerprint density at radius 2 is 1.81 bits per heavy atom. The smallest absolute Gasteiger partial charge is 0.232 e. The van der Waals surface area contributed by atoms with E-state index in [0.717, 1.165) is 31.9 Å². The lowest BCUT2D eigenvalue weighted by Gasteiger charge is -2.25. The molecule has 1 aliphatic carbocycles. The van der Waals surface area contributed by atoms with Gasteiger partial charge in [-0.25, -0.2) is 8.42 Å². The highest BCUT2D eigenvalue weighted by atomic mass is 32.2. The minimum absolute atomic E-state index is 0.0556. The van der Waals surface area contributed by atoms with Crippen LogP contribution in [-0.4, -0.2) is 47.4 Å². The molecule has 1 saturated carbocycles. The molecule has 2 rings (SSSR count). The third kappa shape index (κ3) is 6.30. The third-order valence-corrected chi connectivity index (χ3v) is 6.00. The molecule has 1 aromatic carbocycles. The standard InChI is InChI=1S/C19H30N2O5S/c1-25-16-10-11-17(18(14-16)26-2)21(27(3,23)24)13-12-19(22)20-15-8-6-4-5-7-9-15/h10-11,14-15H,4-9,12-13H2,1-3H3,(H,20,22). The van der Waals surface area contributed by atoms with Crippen LogP contribution in [0.2, 0.25) is 0 Å². The van der Waals surface area contributed by atoms with Crippen molar-refractivity contribution in [2.75, 3.05) is 31.3 Å². The Morgan fingerprint density at radius 1 is 1.15 bits per heavy atom. The van der Waals surface area contributed by atoms with Crippen molar-refractivity contribution in [3.8, 4) is 11.5 Å². The Hall–Kier alpha value is -1.96. The Morgan fingerprint density at radius 3 is 2.37 bits per heavy atom. The number of nitrogens with one attached hydrogen (secondary N) is 1. The number of methoxy groups -OCH3 is 2. The fourth-order valence-electron chi connectivity index (χ4n) is 3.38. The molecule has 1 aromatic rings. The van der Waals surface area contributed by atoms with Crippen molar-refractivity contribution >= 4 is 21.6 Å². The molecule has 0 radical (unpaired) electrons. The summed E-state index contributed by atoms with van der Waals surface area (Å²) in [4.78, 5) is 12.4. The molecule has 0 aliphatic heterocycles. The molecule has 0 saturated heterocycles. The van der Waals surface area contributed by atoms with Gasteiger partial charge in [0, 0.05) is 25.1 Å². The average molecular weight is 399 g/mol. The van der Waals surface area contributed by atoms with Crippen LogP contribution < -0.4 is 19.1 Å². The molecule has 0 heterocycles. The molecule has 7 nitrogen and oxygen atoms in total. The molecule has 1 amide bonds. The van der Waals surface area contributed by atoms with Gasteiger partial charge in [-0.2, -0.15) is 0 Å². The van der Waals surface area contributed by atoms with Crippen LogP contribution in [0.5, 0.6) is 11.5 Å². The van der Waals surface area contributed by atoms with E-state index in [9.17, 15) is 13.2 Å². The number of hydrogen-bond acceptors (Lipinski definition) is 5. The predicted octanol–water partition coefficient (Wildman–Crippen LogP) is 2.70. The zero-order valence-electron chi connectivity index (χ0n) is 16.4. The molecule has 0 bridgehead atoms. The topological polar surface area (TPSA) is 84.9 Å². The van der Waals surface area contributed by atoms with E-state index < -0.39 is 10.0 Å². The van der Waals surface area contributed by atoms with Crippen molar-refractivity contribution in [2.45, 2.75) is 51.0 Å². The number of ether oxygens (including phenoxy) is 2. The highest BCUT2D eigenvalue weighted by Crippen LogP contribution is 2.33. The molecule has 0 spiro atoms. The molecule has 0 atom stereocenters. The molecular weight excluding hydrogens is 368 g/mol. The van der Waals surface area contributed by atoms with E-state index in [1.165, 1.54) is 31.4 Å². The minimum atomic E-state index is -3.57. The van der Waals surface area contributed by atoms with Crippen LogP contribution in [0.25, 0.3) is 0 Å². The summed E-state index contributed by atoms with van der Waals surface area (Å²) in [6.45, 7) is 0.0556. The third-order valence-electron chi connectivity index (χ3n) is 4.82. The van der Waals surface area contributed by atoms with Crippen LogP contribution in [-0.2, 0) is 14.8 Å². The number of amides is 1. The zero-order chi connectivity index (χ0) is 19.9. The number of carbonyl (C=O) groups is 1. The van der Waals surface area contributed by atoms with Crippen molar-refractivity contribution in [1.82, 2.24) is 5.32 Å². The average Bonchev–Trinajstić information content (AvgIpc) is 2.89. The monoisotopic (exact) mass is 398 g/mol. The lowest BCUT2D eigenvalue weighted by molar-refractivity contribution is -0.121. The normalized spacial score (nSPS) is 15.7. The van der Waals surface area contributed by atoms with Gasteiger partial charge in [0.1, 0.15) is 11.5 Å². The van der Waals surface area contributed by atoms with E-state index in [2.05, 4.69) is 5.32 Å². The van der Waals surface area contributed by atoms with Crippen LogP contribution >= 0.6 is 0 Å². The molecule has 0 unspecified atom stereocenters. The second kappa shape index (κ2) is 9.82. The number of hydrogen-bond donors (Lipinski definition) is 1. The fraction of sp³-hybridized carbons (Fsp3) is 0.632. The van der Waals surface area contributed by atoms with E-state index >= 15 is 0 Å². The summed E-state index contributed by atoms with van der Waals surface area (Å²) >= 11 is 0. The molecule has 1 aliphatic rings. The van der Waals surface area contributed by atoms with Crippen molar-refractivity contribution < 1.29 is 22.7 Å². The van der Waals surface area contributed by atoms with Crippen molar-refractivity contribution in [3.05, 3.63) is 18.2 Å². The Bertz CT molecular complexity index is 728. The predicted molar refractivity (Wildman–Crippen MR) is 106 cm³/mol. The van der Waals surface area contributed by atoms with Crippen molar-refractivity contribution in [1.29, 1.82) is 0 Å². The van der Waals surface area contributed by atoms with Gasteiger partial charge >= 0.3 is 0 Å². The number of rotatable bonds is 8. The molecule has 0 aromatic heterocycles. The van der Waals surface area contributed by atoms with Crippen molar-refractivity contribution in [3.63, 3.8) is 0 Å². The van der Waals surface area contributed by atoms with Gasteiger partial charge in [0.05, 0.1) is 26.2 Å². The summed E-state index contributed by atoms with van der Waals surface area (Å²) in [6, 6.07) is 5.12. The maximum Gasteiger partial charge on any atom is 0.232 e. The molecule has 8 heteroatoms. The zero-order valence-corrected chi connectivity index (χ0v) is 17.2.